The Kier molecular flexibility index (Phi) is 4.75. The van der Waals surface area contributed by atoms with Crippen LogP contribution in [0.2, 0.25) is 0 Å². The van der Waals surface area contributed by atoms with Crippen molar-refractivity contribution in [1.29, 1.82) is 0 Å². The predicted molar refractivity (Wildman–Crippen MR) is 88.6 cm³/mol. The first-order valence-electron chi connectivity index (χ1n) is 7.72. The van der Waals surface area contributed by atoms with Crippen LogP contribution >= 0.6 is 0 Å². The Morgan fingerprint density at radius 2 is 1.77 bits per heavy atom. The predicted octanol–water partition coefficient (Wildman–Crippen LogP) is 3.56. The zero-order chi connectivity index (χ0) is 18.7. The number of hydrogen-bond donors (Lipinski definition) is 0. The molecule has 3 rings (SSSR count). The highest BCUT2D eigenvalue weighted by atomic mass is 19.4. The second-order valence-corrected chi connectivity index (χ2v) is 5.75. The first kappa shape index (κ1) is 17.7. The van der Waals surface area contributed by atoms with Crippen LogP contribution in [0.1, 0.15) is 21.5 Å². The van der Waals surface area contributed by atoms with Gasteiger partial charge in [0.15, 0.2) is 0 Å². The van der Waals surface area contributed by atoms with Crippen molar-refractivity contribution in [3.63, 3.8) is 0 Å². The summed E-state index contributed by atoms with van der Waals surface area (Å²) in [5.74, 6) is -0.313. The van der Waals surface area contributed by atoms with Gasteiger partial charge in [0.05, 0.1) is 16.8 Å². The van der Waals surface area contributed by atoms with Gasteiger partial charge in [-0.1, -0.05) is 24.3 Å². The van der Waals surface area contributed by atoms with Gasteiger partial charge in [-0.15, -0.1) is 10.2 Å². The summed E-state index contributed by atoms with van der Waals surface area (Å²) in [5.41, 5.74) is 0.665. The molecule has 1 amide bonds. The number of aromatic nitrogens is 3. The number of benzene rings is 2. The number of carbonyl (C=O) groups is 1. The van der Waals surface area contributed by atoms with E-state index in [0.717, 1.165) is 12.1 Å². The standard InChI is InChI=1S/C18H15F3N4O/c1-24(10-13-5-4-6-14(9-13)18(19,20)21)17(26)15-7-2-3-8-16(15)25-11-22-23-12-25/h2-9,11-12H,10H2,1H3. The molecule has 0 aliphatic carbocycles. The van der Waals surface area contributed by atoms with Crippen LogP contribution in [-0.2, 0) is 12.7 Å². The molecule has 0 aliphatic heterocycles. The maximum atomic E-state index is 12.8. The fourth-order valence-electron chi connectivity index (χ4n) is 2.60. The van der Waals surface area contributed by atoms with Crippen LogP contribution in [0.4, 0.5) is 13.2 Å². The quantitative estimate of drug-likeness (QED) is 0.715. The van der Waals surface area contributed by atoms with Gasteiger partial charge in [-0.05, 0) is 29.8 Å². The topological polar surface area (TPSA) is 51.0 Å². The number of nitrogens with zero attached hydrogens (tertiary/aromatic N) is 4. The number of alkyl halides is 3. The maximum Gasteiger partial charge on any atom is 0.416 e. The van der Waals surface area contributed by atoms with Crippen molar-refractivity contribution in [2.24, 2.45) is 0 Å². The second kappa shape index (κ2) is 6.99. The number of rotatable bonds is 4. The second-order valence-electron chi connectivity index (χ2n) is 5.75. The van der Waals surface area contributed by atoms with Crippen molar-refractivity contribution < 1.29 is 18.0 Å². The van der Waals surface area contributed by atoms with Crippen LogP contribution in [-0.4, -0.2) is 32.6 Å². The van der Waals surface area contributed by atoms with E-state index < -0.39 is 11.7 Å². The minimum atomic E-state index is -4.42. The van der Waals surface area contributed by atoms with Crippen molar-refractivity contribution in [2.45, 2.75) is 12.7 Å². The number of para-hydroxylation sites is 1. The van der Waals surface area contributed by atoms with E-state index in [-0.39, 0.29) is 12.5 Å². The molecule has 0 spiro atoms. The highest BCUT2D eigenvalue weighted by molar-refractivity contribution is 5.97. The number of hydrogen-bond acceptors (Lipinski definition) is 3. The molecular formula is C18H15F3N4O. The molecular weight excluding hydrogens is 345 g/mol. The monoisotopic (exact) mass is 360 g/mol. The normalized spacial score (nSPS) is 11.4. The van der Waals surface area contributed by atoms with Crippen molar-refractivity contribution in [1.82, 2.24) is 19.7 Å². The Balaban J connectivity index is 1.84. The third kappa shape index (κ3) is 3.74. The molecule has 5 nitrogen and oxygen atoms in total. The molecule has 0 saturated heterocycles. The first-order valence-corrected chi connectivity index (χ1v) is 7.72. The van der Waals surface area contributed by atoms with E-state index in [0.29, 0.717) is 16.8 Å². The van der Waals surface area contributed by atoms with Crippen molar-refractivity contribution in [3.05, 3.63) is 77.9 Å². The summed E-state index contributed by atoms with van der Waals surface area (Å²) in [6.45, 7) is 0.0548. The van der Waals surface area contributed by atoms with E-state index in [9.17, 15) is 18.0 Å². The van der Waals surface area contributed by atoms with Crippen molar-refractivity contribution >= 4 is 5.91 Å². The molecule has 1 heterocycles. The Hall–Kier alpha value is -3.16. The van der Waals surface area contributed by atoms with Crippen molar-refractivity contribution in [3.8, 4) is 5.69 Å². The molecule has 0 saturated carbocycles. The van der Waals surface area contributed by atoms with E-state index >= 15 is 0 Å². The summed E-state index contributed by atoms with van der Waals surface area (Å²) >= 11 is 0. The zero-order valence-electron chi connectivity index (χ0n) is 13.8. The molecule has 0 atom stereocenters. The van der Waals surface area contributed by atoms with Gasteiger partial charge in [0.2, 0.25) is 0 Å². The molecule has 8 heteroatoms. The third-order valence-corrected chi connectivity index (χ3v) is 3.85. The molecule has 0 fully saturated rings. The summed E-state index contributed by atoms with van der Waals surface area (Å²) in [6, 6.07) is 11.8. The molecule has 26 heavy (non-hydrogen) atoms. The van der Waals surface area contributed by atoms with Crippen LogP contribution in [0, 0.1) is 0 Å². The molecule has 0 aliphatic rings. The summed E-state index contributed by atoms with van der Waals surface area (Å²) in [5, 5.41) is 7.45. The molecule has 0 radical (unpaired) electrons. The van der Waals surface area contributed by atoms with Gasteiger partial charge in [0, 0.05) is 13.6 Å². The first-order chi connectivity index (χ1) is 12.4. The summed E-state index contributed by atoms with van der Waals surface area (Å²) in [6.07, 6.45) is -1.47. The number of carbonyl (C=O) groups excluding carboxylic acids is 1. The van der Waals surface area contributed by atoms with E-state index in [4.69, 9.17) is 0 Å². The Morgan fingerprint density at radius 3 is 2.46 bits per heavy atom. The lowest BCUT2D eigenvalue weighted by atomic mass is 10.1. The van der Waals surface area contributed by atoms with Crippen LogP contribution in [0.3, 0.4) is 0 Å². The van der Waals surface area contributed by atoms with Crippen LogP contribution in [0.25, 0.3) is 5.69 Å². The van der Waals surface area contributed by atoms with Gasteiger partial charge < -0.3 is 4.90 Å². The van der Waals surface area contributed by atoms with Crippen LogP contribution < -0.4 is 0 Å². The average Bonchev–Trinajstić information content (AvgIpc) is 3.15. The lowest BCUT2D eigenvalue weighted by molar-refractivity contribution is -0.137. The Bertz CT molecular complexity index is 907. The van der Waals surface area contributed by atoms with Crippen LogP contribution in [0.15, 0.2) is 61.2 Å². The lowest BCUT2D eigenvalue weighted by Gasteiger charge is -2.20. The Labute approximate surface area is 147 Å². The highest BCUT2D eigenvalue weighted by Gasteiger charge is 2.30. The van der Waals surface area contributed by atoms with Gasteiger partial charge >= 0.3 is 6.18 Å². The largest absolute Gasteiger partial charge is 0.416 e. The van der Waals surface area contributed by atoms with E-state index in [1.54, 1.807) is 41.9 Å². The van der Waals surface area contributed by atoms with Gasteiger partial charge in [-0.2, -0.15) is 13.2 Å². The minimum Gasteiger partial charge on any atom is -0.337 e. The summed E-state index contributed by atoms with van der Waals surface area (Å²) < 4.78 is 40.1. The number of amides is 1. The van der Waals surface area contributed by atoms with E-state index in [2.05, 4.69) is 10.2 Å². The molecule has 2 aromatic carbocycles. The van der Waals surface area contributed by atoms with Crippen LogP contribution in [0.5, 0.6) is 0 Å². The minimum absolute atomic E-state index is 0.0548. The average molecular weight is 360 g/mol. The molecule has 134 valence electrons. The molecule has 3 aromatic rings. The van der Waals surface area contributed by atoms with Gasteiger partial charge in [0.25, 0.3) is 5.91 Å². The summed E-state index contributed by atoms with van der Waals surface area (Å²) in [4.78, 5) is 14.2. The van der Waals surface area contributed by atoms with Gasteiger partial charge in [0.1, 0.15) is 12.7 Å². The SMILES string of the molecule is CN(Cc1cccc(C(F)(F)F)c1)C(=O)c1ccccc1-n1cnnc1. The summed E-state index contributed by atoms with van der Waals surface area (Å²) in [7, 11) is 1.55. The fourth-order valence-corrected chi connectivity index (χ4v) is 2.60. The Morgan fingerprint density at radius 1 is 1.08 bits per heavy atom. The fraction of sp³-hybridized carbons (Fsp3) is 0.167. The van der Waals surface area contributed by atoms with Gasteiger partial charge in [-0.25, -0.2) is 0 Å². The van der Waals surface area contributed by atoms with E-state index in [1.165, 1.54) is 23.6 Å². The number of halogens is 3. The molecule has 0 unspecified atom stereocenters. The molecule has 1 aromatic heterocycles. The molecule has 0 N–H and O–H groups in total. The molecule has 0 bridgehead atoms. The van der Waals surface area contributed by atoms with E-state index in [1.807, 2.05) is 0 Å². The van der Waals surface area contributed by atoms with Crippen molar-refractivity contribution in [2.75, 3.05) is 7.05 Å². The van der Waals surface area contributed by atoms with Gasteiger partial charge in [-0.3, -0.25) is 9.36 Å². The zero-order valence-corrected chi connectivity index (χ0v) is 13.8. The maximum absolute atomic E-state index is 12.8. The third-order valence-electron chi connectivity index (χ3n) is 3.85. The highest BCUT2D eigenvalue weighted by Crippen LogP contribution is 2.29. The lowest BCUT2D eigenvalue weighted by Crippen LogP contribution is -2.27. The smallest absolute Gasteiger partial charge is 0.337 e.